The highest BCUT2D eigenvalue weighted by Gasteiger charge is 2.25. The van der Waals surface area contributed by atoms with Gasteiger partial charge in [-0.25, -0.2) is 0 Å². The number of halogens is 4. The molecule has 0 amide bonds. The Labute approximate surface area is 101 Å². The lowest BCUT2D eigenvalue weighted by Gasteiger charge is -2.07. The maximum Gasteiger partial charge on any atom is 0.401 e. The molecular formula is C10H11ClF3NS. The average Bonchev–Trinajstić information content (AvgIpc) is 2.19. The van der Waals surface area contributed by atoms with Gasteiger partial charge < -0.3 is 5.32 Å². The number of hydrogen-bond donors (Lipinski definition) is 1. The molecule has 0 heterocycles. The predicted molar refractivity (Wildman–Crippen MR) is 61.1 cm³/mol. The molecule has 0 bridgehead atoms. The topological polar surface area (TPSA) is 12.0 Å². The fourth-order valence-corrected chi connectivity index (χ4v) is 1.94. The van der Waals surface area contributed by atoms with E-state index < -0.39 is 12.7 Å². The zero-order valence-electron chi connectivity index (χ0n) is 8.35. The fraction of sp³-hybridized carbons (Fsp3) is 0.400. The minimum absolute atomic E-state index is 0.326. The predicted octanol–water partition coefficient (Wildman–Crippen LogP) is 3.58. The van der Waals surface area contributed by atoms with Crippen molar-refractivity contribution < 1.29 is 13.2 Å². The van der Waals surface area contributed by atoms with Gasteiger partial charge in [-0.1, -0.05) is 11.6 Å². The second-order valence-corrected chi connectivity index (χ2v) is 4.70. The standard InChI is InChI=1S/C10H11ClF3NS/c11-8-1-3-9(4-2-8)16-6-5-15-7-10(12,13)14/h1-4,15H,5-7H2. The van der Waals surface area contributed by atoms with Crippen molar-refractivity contribution in [2.45, 2.75) is 11.1 Å². The highest BCUT2D eigenvalue weighted by molar-refractivity contribution is 7.99. The van der Waals surface area contributed by atoms with Crippen LogP contribution in [0, 0.1) is 0 Å². The summed E-state index contributed by atoms with van der Waals surface area (Å²) in [5, 5.41) is 2.99. The largest absolute Gasteiger partial charge is 0.401 e. The van der Waals surface area contributed by atoms with Crippen LogP contribution < -0.4 is 5.32 Å². The highest BCUT2D eigenvalue weighted by Crippen LogP contribution is 2.19. The summed E-state index contributed by atoms with van der Waals surface area (Å²) in [4.78, 5) is 0.998. The third-order valence-corrected chi connectivity index (χ3v) is 2.95. The van der Waals surface area contributed by atoms with Crippen LogP contribution in [0.2, 0.25) is 5.02 Å². The molecule has 0 fully saturated rings. The Kier molecular flexibility index (Phi) is 5.44. The van der Waals surface area contributed by atoms with Crippen LogP contribution in [-0.2, 0) is 0 Å². The van der Waals surface area contributed by atoms with Crippen LogP contribution in [-0.4, -0.2) is 25.0 Å². The molecule has 0 aromatic heterocycles. The molecule has 0 radical (unpaired) electrons. The average molecular weight is 270 g/mol. The molecule has 90 valence electrons. The van der Waals surface area contributed by atoms with Crippen molar-refractivity contribution in [1.82, 2.24) is 5.32 Å². The molecule has 0 aliphatic heterocycles. The molecule has 1 aromatic carbocycles. The van der Waals surface area contributed by atoms with Gasteiger partial charge in [0.15, 0.2) is 0 Å². The summed E-state index contributed by atoms with van der Waals surface area (Å²) in [5.41, 5.74) is 0. The Bertz CT molecular complexity index is 313. The number of alkyl halides is 3. The van der Waals surface area contributed by atoms with E-state index in [-0.39, 0.29) is 0 Å². The first-order valence-corrected chi connectivity index (χ1v) is 5.99. The van der Waals surface area contributed by atoms with Gasteiger partial charge in [-0.05, 0) is 24.3 Å². The van der Waals surface area contributed by atoms with Gasteiger partial charge in [0.2, 0.25) is 0 Å². The van der Waals surface area contributed by atoms with Crippen LogP contribution in [0.5, 0.6) is 0 Å². The lowest BCUT2D eigenvalue weighted by Crippen LogP contribution is -2.30. The lowest BCUT2D eigenvalue weighted by molar-refractivity contribution is -0.124. The van der Waals surface area contributed by atoms with Crippen molar-refractivity contribution in [2.75, 3.05) is 18.8 Å². The number of rotatable bonds is 5. The van der Waals surface area contributed by atoms with Gasteiger partial charge in [0.25, 0.3) is 0 Å². The number of hydrogen-bond acceptors (Lipinski definition) is 2. The summed E-state index contributed by atoms with van der Waals surface area (Å²) in [5.74, 6) is 0.595. The van der Waals surface area contributed by atoms with Crippen molar-refractivity contribution in [1.29, 1.82) is 0 Å². The molecule has 1 aromatic rings. The first-order chi connectivity index (χ1) is 7.47. The third-order valence-electron chi connectivity index (χ3n) is 1.69. The first kappa shape index (κ1) is 13.7. The Morgan fingerprint density at radius 2 is 1.81 bits per heavy atom. The van der Waals surface area contributed by atoms with E-state index in [0.717, 1.165) is 4.90 Å². The monoisotopic (exact) mass is 269 g/mol. The molecule has 16 heavy (non-hydrogen) atoms. The van der Waals surface area contributed by atoms with E-state index >= 15 is 0 Å². The quantitative estimate of drug-likeness (QED) is 0.648. The van der Waals surface area contributed by atoms with E-state index in [2.05, 4.69) is 5.32 Å². The van der Waals surface area contributed by atoms with E-state index in [9.17, 15) is 13.2 Å². The van der Waals surface area contributed by atoms with E-state index in [4.69, 9.17) is 11.6 Å². The van der Waals surface area contributed by atoms with Crippen molar-refractivity contribution >= 4 is 23.4 Å². The Morgan fingerprint density at radius 3 is 2.38 bits per heavy atom. The number of nitrogens with one attached hydrogen (secondary N) is 1. The minimum Gasteiger partial charge on any atom is -0.308 e. The van der Waals surface area contributed by atoms with Gasteiger partial charge >= 0.3 is 6.18 Å². The minimum atomic E-state index is -4.13. The molecule has 0 spiro atoms. The van der Waals surface area contributed by atoms with E-state index in [1.54, 1.807) is 12.1 Å². The van der Waals surface area contributed by atoms with E-state index in [1.165, 1.54) is 11.8 Å². The van der Waals surface area contributed by atoms with Crippen molar-refractivity contribution in [3.8, 4) is 0 Å². The second-order valence-electron chi connectivity index (χ2n) is 3.09. The molecule has 0 unspecified atom stereocenters. The van der Waals surface area contributed by atoms with Gasteiger partial charge in [-0.3, -0.25) is 0 Å². The molecule has 1 N–H and O–H groups in total. The van der Waals surface area contributed by atoms with Crippen LogP contribution >= 0.6 is 23.4 Å². The summed E-state index contributed by atoms with van der Waals surface area (Å²) in [6.45, 7) is -0.610. The molecule has 6 heteroatoms. The normalized spacial score (nSPS) is 11.8. The SMILES string of the molecule is FC(F)(F)CNCCSc1ccc(Cl)cc1. The van der Waals surface area contributed by atoms with Crippen molar-refractivity contribution in [2.24, 2.45) is 0 Å². The van der Waals surface area contributed by atoms with Crippen molar-refractivity contribution in [3.05, 3.63) is 29.3 Å². The van der Waals surface area contributed by atoms with Crippen LogP contribution in [0.25, 0.3) is 0 Å². The summed E-state index contributed by atoms with van der Waals surface area (Å²) in [7, 11) is 0. The molecule has 0 saturated carbocycles. The number of benzene rings is 1. The van der Waals surface area contributed by atoms with Crippen LogP contribution in [0.1, 0.15) is 0 Å². The maximum absolute atomic E-state index is 11.8. The van der Waals surface area contributed by atoms with Crippen LogP contribution in [0.15, 0.2) is 29.2 Å². The van der Waals surface area contributed by atoms with Crippen LogP contribution in [0.3, 0.4) is 0 Å². The molecular weight excluding hydrogens is 259 g/mol. The molecule has 0 aliphatic rings. The second kappa shape index (κ2) is 6.37. The van der Waals surface area contributed by atoms with Gasteiger partial charge in [-0.2, -0.15) is 13.2 Å². The lowest BCUT2D eigenvalue weighted by atomic mass is 10.4. The van der Waals surface area contributed by atoms with Crippen molar-refractivity contribution in [3.63, 3.8) is 0 Å². The van der Waals surface area contributed by atoms with Gasteiger partial charge in [0.05, 0.1) is 6.54 Å². The Balaban J connectivity index is 2.14. The smallest absolute Gasteiger partial charge is 0.308 e. The zero-order valence-corrected chi connectivity index (χ0v) is 9.92. The number of thioether (sulfide) groups is 1. The summed E-state index contributed by atoms with van der Waals surface area (Å²) >= 11 is 7.19. The molecule has 1 nitrogen and oxygen atoms in total. The maximum atomic E-state index is 11.8. The van der Waals surface area contributed by atoms with E-state index in [0.29, 0.717) is 17.3 Å². The van der Waals surface area contributed by atoms with Crippen LogP contribution in [0.4, 0.5) is 13.2 Å². The van der Waals surface area contributed by atoms with E-state index in [1.807, 2.05) is 12.1 Å². The molecule has 0 saturated heterocycles. The van der Waals surface area contributed by atoms with Gasteiger partial charge in [0, 0.05) is 22.2 Å². The fourth-order valence-electron chi connectivity index (χ4n) is 1.00. The highest BCUT2D eigenvalue weighted by atomic mass is 35.5. The van der Waals surface area contributed by atoms with Gasteiger partial charge in [0.1, 0.15) is 0 Å². The summed E-state index contributed by atoms with van der Waals surface area (Å²) in [6, 6.07) is 7.20. The third kappa shape index (κ3) is 6.25. The summed E-state index contributed by atoms with van der Waals surface area (Å²) in [6.07, 6.45) is -4.13. The van der Waals surface area contributed by atoms with Gasteiger partial charge in [-0.15, -0.1) is 11.8 Å². The zero-order chi connectivity index (χ0) is 12.0. The molecule has 0 atom stereocenters. The Hall–Kier alpha value is -0.390. The first-order valence-electron chi connectivity index (χ1n) is 4.63. The summed E-state index contributed by atoms with van der Waals surface area (Å²) < 4.78 is 35.3. The molecule has 1 rings (SSSR count). The Morgan fingerprint density at radius 1 is 1.19 bits per heavy atom. The molecule has 0 aliphatic carbocycles.